The maximum absolute atomic E-state index is 13.2. The topological polar surface area (TPSA) is 135 Å². The fourth-order valence-corrected chi connectivity index (χ4v) is 4.22. The number of rotatable bonds is 1. The van der Waals surface area contributed by atoms with Crippen LogP contribution < -0.4 is 31.6 Å². The number of nitrogens with zero attached hydrogens (tertiary/aromatic N) is 1. The zero-order chi connectivity index (χ0) is 20.4. The SMILES string of the molecule is Nc1nc2c(c(=O)[nH]1)C(c1ccc3c(c1)OCO3)c1c(c3ccccc3[nH]c1=O)N2. The van der Waals surface area contributed by atoms with Crippen molar-refractivity contribution in [1.82, 2.24) is 15.0 Å². The number of hydrogen-bond donors (Lipinski definition) is 4. The molecule has 2 aromatic carbocycles. The number of para-hydroxylation sites is 1. The van der Waals surface area contributed by atoms with Crippen LogP contribution in [0.2, 0.25) is 0 Å². The first-order chi connectivity index (χ1) is 14.6. The monoisotopic (exact) mass is 401 g/mol. The third-order valence-corrected chi connectivity index (χ3v) is 5.48. The van der Waals surface area contributed by atoms with Crippen LogP contribution in [0.1, 0.15) is 22.6 Å². The molecule has 1 atom stereocenters. The summed E-state index contributed by atoms with van der Waals surface area (Å²) in [4.78, 5) is 35.8. The Kier molecular flexibility index (Phi) is 3.26. The van der Waals surface area contributed by atoms with Crippen LogP contribution >= 0.6 is 0 Å². The smallest absolute Gasteiger partial charge is 0.258 e. The zero-order valence-corrected chi connectivity index (χ0v) is 15.5. The lowest BCUT2D eigenvalue weighted by atomic mass is 9.82. The van der Waals surface area contributed by atoms with Crippen LogP contribution in [0.5, 0.6) is 11.5 Å². The molecule has 2 aliphatic rings. The Labute approximate surface area is 168 Å². The van der Waals surface area contributed by atoms with Gasteiger partial charge in [-0.1, -0.05) is 24.3 Å². The quantitative estimate of drug-likeness (QED) is 0.338. The van der Waals surface area contributed by atoms with E-state index in [0.717, 1.165) is 5.39 Å². The molecule has 2 aliphatic heterocycles. The summed E-state index contributed by atoms with van der Waals surface area (Å²) in [6.45, 7) is 0.127. The Hall–Kier alpha value is -4.27. The third kappa shape index (κ3) is 2.26. The number of pyridine rings is 1. The van der Waals surface area contributed by atoms with Crippen molar-refractivity contribution in [3.05, 3.63) is 79.9 Å². The van der Waals surface area contributed by atoms with E-state index in [0.29, 0.717) is 45.2 Å². The van der Waals surface area contributed by atoms with Gasteiger partial charge in [-0.25, -0.2) is 0 Å². The highest BCUT2D eigenvalue weighted by atomic mass is 16.7. The van der Waals surface area contributed by atoms with E-state index in [1.165, 1.54) is 0 Å². The molecule has 0 fully saturated rings. The van der Waals surface area contributed by atoms with Crippen molar-refractivity contribution >= 4 is 28.4 Å². The average Bonchev–Trinajstić information content (AvgIpc) is 3.20. The molecule has 4 aromatic rings. The summed E-state index contributed by atoms with van der Waals surface area (Å²) >= 11 is 0. The van der Waals surface area contributed by atoms with Gasteiger partial charge in [0.2, 0.25) is 12.7 Å². The van der Waals surface area contributed by atoms with Gasteiger partial charge in [0, 0.05) is 5.39 Å². The molecule has 1 unspecified atom stereocenters. The molecule has 9 heteroatoms. The van der Waals surface area contributed by atoms with Crippen LogP contribution in [-0.4, -0.2) is 21.7 Å². The fourth-order valence-electron chi connectivity index (χ4n) is 4.22. The lowest BCUT2D eigenvalue weighted by Gasteiger charge is -2.28. The predicted molar refractivity (Wildman–Crippen MR) is 111 cm³/mol. The molecular formula is C21H15N5O4. The van der Waals surface area contributed by atoms with Crippen LogP contribution in [0.25, 0.3) is 10.9 Å². The van der Waals surface area contributed by atoms with Gasteiger partial charge in [0.25, 0.3) is 11.1 Å². The average molecular weight is 401 g/mol. The van der Waals surface area contributed by atoms with Gasteiger partial charge in [0.1, 0.15) is 5.82 Å². The summed E-state index contributed by atoms with van der Waals surface area (Å²) < 4.78 is 10.9. The Morgan fingerprint density at radius 1 is 0.967 bits per heavy atom. The van der Waals surface area contributed by atoms with E-state index in [1.807, 2.05) is 30.3 Å². The van der Waals surface area contributed by atoms with Crippen molar-refractivity contribution < 1.29 is 9.47 Å². The minimum atomic E-state index is -0.670. The number of aromatic nitrogens is 3. The van der Waals surface area contributed by atoms with Crippen molar-refractivity contribution in [3.8, 4) is 11.5 Å². The number of aromatic amines is 2. The second-order valence-electron chi connectivity index (χ2n) is 7.17. The van der Waals surface area contributed by atoms with Gasteiger partial charge in [-0.2, -0.15) is 4.98 Å². The van der Waals surface area contributed by atoms with Crippen LogP contribution in [0, 0.1) is 0 Å². The van der Waals surface area contributed by atoms with E-state index in [-0.39, 0.29) is 18.3 Å². The normalized spacial score (nSPS) is 16.1. The molecule has 4 heterocycles. The van der Waals surface area contributed by atoms with Gasteiger partial charge in [-0.15, -0.1) is 0 Å². The predicted octanol–water partition coefficient (Wildman–Crippen LogP) is 2.16. The molecule has 6 rings (SSSR count). The van der Waals surface area contributed by atoms with E-state index in [2.05, 4.69) is 20.3 Å². The van der Waals surface area contributed by atoms with Crippen molar-refractivity contribution in [2.75, 3.05) is 17.8 Å². The molecule has 148 valence electrons. The van der Waals surface area contributed by atoms with E-state index in [4.69, 9.17) is 15.2 Å². The number of ether oxygens (including phenoxy) is 2. The van der Waals surface area contributed by atoms with Gasteiger partial charge in [0.15, 0.2) is 11.5 Å². The highest BCUT2D eigenvalue weighted by Crippen LogP contribution is 2.45. The molecule has 0 aliphatic carbocycles. The molecular weight excluding hydrogens is 386 g/mol. The van der Waals surface area contributed by atoms with Crippen LogP contribution in [-0.2, 0) is 0 Å². The number of fused-ring (bicyclic) bond motifs is 5. The number of anilines is 3. The van der Waals surface area contributed by atoms with Gasteiger partial charge in [0.05, 0.1) is 28.2 Å². The third-order valence-electron chi connectivity index (χ3n) is 5.48. The number of benzene rings is 2. The fraction of sp³-hybridized carbons (Fsp3) is 0.0952. The summed E-state index contributed by atoms with van der Waals surface area (Å²) in [6.07, 6.45) is 0. The molecule has 0 radical (unpaired) electrons. The highest BCUT2D eigenvalue weighted by Gasteiger charge is 2.35. The Bertz CT molecular complexity index is 1470. The first-order valence-electron chi connectivity index (χ1n) is 9.31. The summed E-state index contributed by atoms with van der Waals surface area (Å²) in [6, 6.07) is 12.8. The first-order valence-corrected chi connectivity index (χ1v) is 9.31. The van der Waals surface area contributed by atoms with Gasteiger partial charge < -0.3 is 25.5 Å². The first kappa shape index (κ1) is 16.7. The number of hydrogen-bond acceptors (Lipinski definition) is 7. The highest BCUT2D eigenvalue weighted by molar-refractivity contribution is 5.96. The second kappa shape index (κ2) is 5.86. The van der Waals surface area contributed by atoms with Gasteiger partial charge >= 0.3 is 0 Å². The van der Waals surface area contributed by atoms with Crippen molar-refractivity contribution in [2.45, 2.75) is 5.92 Å². The molecule has 0 saturated heterocycles. The number of nitrogen functional groups attached to an aromatic ring is 1. The van der Waals surface area contributed by atoms with E-state index in [1.54, 1.807) is 12.1 Å². The van der Waals surface area contributed by atoms with Crippen LogP contribution in [0.15, 0.2) is 52.1 Å². The number of nitrogens with one attached hydrogen (secondary N) is 3. The molecule has 0 amide bonds. The molecule has 2 aromatic heterocycles. The Morgan fingerprint density at radius 2 is 1.77 bits per heavy atom. The van der Waals surface area contributed by atoms with Crippen molar-refractivity contribution in [1.29, 1.82) is 0 Å². The van der Waals surface area contributed by atoms with E-state index in [9.17, 15) is 9.59 Å². The standard InChI is InChI=1S/C21H15N5O4/c22-21-25-18-16(20(28)26-21)14(9-5-6-12-13(7-9)30-8-29-12)15-17(24-18)10-3-1-2-4-11(10)23-19(15)27/h1-7,14H,8H2,(H,23,27)(H4,22,24,25,26,28). The number of nitrogens with two attached hydrogens (primary N) is 1. The molecule has 0 spiro atoms. The molecule has 0 bridgehead atoms. The zero-order valence-electron chi connectivity index (χ0n) is 15.5. The molecule has 5 N–H and O–H groups in total. The van der Waals surface area contributed by atoms with Crippen molar-refractivity contribution in [3.63, 3.8) is 0 Å². The maximum Gasteiger partial charge on any atom is 0.258 e. The van der Waals surface area contributed by atoms with Crippen LogP contribution in [0.4, 0.5) is 17.5 Å². The molecule has 9 nitrogen and oxygen atoms in total. The summed E-state index contributed by atoms with van der Waals surface area (Å²) in [7, 11) is 0. The minimum Gasteiger partial charge on any atom is -0.454 e. The van der Waals surface area contributed by atoms with Crippen molar-refractivity contribution in [2.24, 2.45) is 0 Å². The molecule has 30 heavy (non-hydrogen) atoms. The Balaban J connectivity index is 1.71. The minimum absolute atomic E-state index is 0.00622. The summed E-state index contributed by atoms with van der Waals surface area (Å²) in [5.41, 5.74) is 7.82. The lowest BCUT2D eigenvalue weighted by molar-refractivity contribution is 0.174. The molecule has 0 saturated carbocycles. The second-order valence-corrected chi connectivity index (χ2v) is 7.17. The van der Waals surface area contributed by atoms with Gasteiger partial charge in [-0.05, 0) is 23.8 Å². The summed E-state index contributed by atoms with van der Waals surface area (Å²) in [5, 5.41) is 3.98. The number of H-pyrrole nitrogens is 2. The maximum atomic E-state index is 13.2. The van der Waals surface area contributed by atoms with Crippen LogP contribution in [0.3, 0.4) is 0 Å². The van der Waals surface area contributed by atoms with Gasteiger partial charge in [-0.3, -0.25) is 14.6 Å². The van der Waals surface area contributed by atoms with E-state index < -0.39 is 11.5 Å². The van der Waals surface area contributed by atoms with E-state index >= 15 is 0 Å². The summed E-state index contributed by atoms with van der Waals surface area (Å²) in [5.74, 6) is 0.822. The Morgan fingerprint density at radius 3 is 2.67 bits per heavy atom. The largest absolute Gasteiger partial charge is 0.454 e. The lowest BCUT2D eigenvalue weighted by Crippen LogP contribution is -2.31.